The van der Waals surface area contributed by atoms with Crippen LogP contribution < -0.4 is 10.6 Å². The molecule has 30 heavy (non-hydrogen) atoms. The first-order valence-electron chi connectivity index (χ1n) is 8.31. The molecule has 3 aromatic rings. The number of pyridine rings is 1. The largest absolute Gasteiger partial charge is 0.465 e. The summed E-state index contributed by atoms with van der Waals surface area (Å²) in [5, 5.41) is 5.66. The number of esters is 1. The van der Waals surface area contributed by atoms with Crippen LogP contribution in [0.5, 0.6) is 0 Å². The summed E-state index contributed by atoms with van der Waals surface area (Å²) in [7, 11) is 1.22. The maximum absolute atomic E-state index is 12.7. The van der Waals surface area contributed by atoms with Gasteiger partial charge >= 0.3 is 5.97 Å². The highest BCUT2D eigenvalue weighted by Gasteiger charge is 2.19. The highest BCUT2D eigenvalue weighted by molar-refractivity contribution is 6.30. The summed E-state index contributed by atoms with van der Waals surface area (Å²) in [6.45, 7) is 0. The van der Waals surface area contributed by atoms with Gasteiger partial charge in [-0.25, -0.2) is 19.7 Å². The summed E-state index contributed by atoms with van der Waals surface area (Å²) in [5.74, 6) is -1.61. The average Bonchev–Trinajstić information content (AvgIpc) is 2.75. The molecule has 11 heteroatoms. The molecular weight excluding hydrogens is 433 g/mol. The van der Waals surface area contributed by atoms with Gasteiger partial charge in [-0.2, -0.15) is 0 Å². The van der Waals surface area contributed by atoms with Crippen LogP contribution in [-0.4, -0.2) is 39.8 Å². The summed E-state index contributed by atoms with van der Waals surface area (Å²) < 4.78 is 4.69. The zero-order chi connectivity index (χ0) is 21.7. The fourth-order valence-electron chi connectivity index (χ4n) is 2.34. The minimum atomic E-state index is -0.653. The first-order valence-corrected chi connectivity index (χ1v) is 9.07. The number of nitrogens with one attached hydrogen (secondary N) is 2. The van der Waals surface area contributed by atoms with Crippen LogP contribution in [0.3, 0.4) is 0 Å². The number of rotatable bonds is 5. The molecule has 2 heterocycles. The number of halogens is 2. The average molecular weight is 446 g/mol. The summed E-state index contributed by atoms with van der Waals surface area (Å²) in [5.41, 5.74) is 0.241. The van der Waals surface area contributed by atoms with Crippen LogP contribution in [0.4, 0.5) is 11.5 Å². The van der Waals surface area contributed by atoms with Gasteiger partial charge in [0.05, 0.1) is 41.3 Å². The van der Waals surface area contributed by atoms with Crippen molar-refractivity contribution in [3.05, 3.63) is 75.9 Å². The van der Waals surface area contributed by atoms with E-state index in [2.05, 4.69) is 30.3 Å². The molecule has 0 atom stereocenters. The molecule has 2 aromatic heterocycles. The Morgan fingerprint density at radius 2 is 1.70 bits per heavy atom. The Hall–Kier alpha value is -3.56. The number of methoxy groups -OCH3 is 1. The minimum Gasteiger partial charge on any atom is -0.465 e. The Bertz CT molecular complexity index is 1100. The van der Waals surface area contributed by atoms with E-state index in [-0.39, 0.29) is 33.5 Å². The van der Waals surface area contributed by atoms with Crippen molar-refractivity contribution in [1.82, 2.24) is 15.0 Å². The first-order chi connectivity index (χ1) is 14.4. The van der Waals surface area contributed by atoms with Gasteiger partial charge in [-0.1, -0.05) is 23.2 Å². The standard InChI is InChI=1S/C19H13Cl2N5O4/c1-30-19(29)10-2-4-12(17(27)26-16-5-3-11(20)7-24-16)13(6-10)25-18(28)14-8-23-15(21)9-22-14/h2-9H,1H3,(H,25,28)(H,24,26,27). The second kappa shape index (κ2) is 9.29. The topological polar surface area (TPSA) is 123 Å². The molecule has 0 aliphatic rings. The van der Waals surface area contributed by atoms with E-state index in [0.29, 0.717) is 5.02 Å². The van der Waals surface area contributed by atoms with Gasteiger partial charge < -0.3 is 15.4 Å². The molecular formula is C19H13Cl2N5O4. The van der Waals surface area contributed by atoms with Crippen molar-refractivity contribution < 1.29 is 19.1 Å². The SMILES string of the molecule is COC(=O)c1ccc(C(=O)Nc2ccc(Cl)cn2)c(NC(=O)c2cnc(Cl)cn2)c1. The Labute approximate surface area is 180 Å². The Morgan fingerprint density at radius 1 is 0.900 bits per heavy atom. The minimum absolute atomic E-state index is 0.0337. The number of ether oxygens (including phenoxy) is 1. The highest BCUT2D eigenvalue weighted by Crippen LogP contribution is 2.21. The van der Waals surface area contributed by atoms with Gasteiger partial charge in [-0.3, -0.25) is 9.59 Å². The van der Waals surface area contributed by atoms with Gasteiger partial charge in [-0.05, 0) is 30.3 Å². The number of carbonyl (C=O) groups excluding carboxylic acids is 3. The van der Waals surface area contributed by atoms with E-state index < -0.39 is 17.8 Å². The van der Waals surface area contributed by atoms with Gasteiger partial charge in [0, 0.05) is 6.20 Å². The Kier molecular flexibility index (Phi) is 6.55. The molecule has 0 spiro atoms. The lowest BCUT2D eigenvalue weighted by Crippen LogP contribution is -2.20. The summed E-state index contributed by atoms with van der Waals surface area (Å²) in [6.07, 6.45) is 3.76. The molecule has 2 amide bonds. The molecule has 0 saturated carbocycles. The van der Waals surface area contributed by atoms with Crippen molar-refractivity contribution in [2.75, 3.05) is 17.7 Å². The van der Waals surface area contributed by atoms with E-state index in [1.54, 1.807) is 6.07 Å². The quantitative estimate of drug-likeness (QED) is 0.576. The van der Waals surface area contributed by atoms with Crippen molar-refractivity contribution >= 4 is 52.5 Å². The molecule has 0 saturated heterocycles. The number of hydrogen-bond donors (Lipinski definition) is 2. The van der Waals surface area contributed by atoms with Crippen LogP contribution in [0, 0.1) is 0 Å². The third-order valence-corrected chi connectivity index (χ3v) is 4.17. The van der Waals surface area contributed by atoms with Gasteiger partial charge in [0.15, 0.2) is 0 Å². The number of hydrogen-bond acceptors (Lipinski definition) is 7. The second-order valence-corrected chi connectivity index (χ2v) is 6.57. The lowest BCUT2D eigenvalue weighted by Gasteiger charge is -2.12. The Balaban J connectivity index is 1.92. The monoisotopic (exact) mass is 445 g/mol. The molecule has 0 radical (unpaired) electrons. The number of nitrogens with zero attached hydrogens (tertiary/aromatic N) is 3. The van der Waals surface area contributed by atoms with E-state index in [9.17, 15) is 14.4 Å². The van der Waals surface area contributed by atoms with Gasteiger partial charge in [0.1, 0.15) is 16.7 Å². The van der Waals surface area contributed by atoms with E-state index in [0.717, 1.165) is 0 Å². The van der Waals surface area contributed by atoms with Crippen LogP contribution in [0.2, 0.25) is 10.2 Å². The predicted molar refractivity (Wildman–Crippen MR) is 110 cm³/mol. The molecule has 0 fully saturated rings. The van der Waals surface area contributed by atoms with Gasteiger partial charge in [0.25, 0.3) is 11.8 Å². The summed E-state index contributed by atoms with van der Waals surface area (Å²) in [6, 6.07) is 7.17. The predicted octanol–water partition coefficient (Wildman–Crippen LogP) is 3.47. The van der Waals surface area contributed by atoms with Crippen LogP contribution >= 0.6 is 23.2 Å². The smallest absolute Gasteiger partial charge is 0.337 e. The number of amides is 2. The Morgan fingerprint density at radius 3 is 2.33 bits per heavy atom. The van der Waals surface area contributed by atoms with Crippen molar-refractivity contribution in [1.29, 1.82) is 0 Å². The number of anilines is 2. The van der Waals surface area contributed by atoms with Crippen molar-refractivity contribution in [2.24, 2.45) is 0 Å². The van der Waals surface area contributed by atoms with Gasteiger partial charge in [0.2, 0.25) is 0 Å². The molecule has 3 rings (SSSR count). The zero-order valence-corrected chi connectivity index (χ0v) is 16.9. The third kappa shape index (κ3) is 5.07. The fraction of sp³-hybridized carbons (Fsp3) is 0.0526. The zero-order valence-electron chi connectivity index (χ0n) is 15.3. The van der Waals surface area contributed by atoms with Crippen molar-refractivity contribution in [3.8, 4) is 0 Å². The molecule has 1 aromatic carbocycles. The number of carbonyl (C=O) groups is 3. The summed E-state index contributed by atoms with van der Waals surface area (Å²) in [4.78, 5) is 48.8. The van der Waals surface area contributed by atoms with E-state index in [1.807, 2.05) is 0 Å². The van der Waals surface area contributed by atoms with Crippen molar-refractivity contribution in [3.63, 3.8) is 0 Å². The van der Waals surface area contributed by atoms with E-state index >= 15 is 0 Å². The molecule has 2 N–H and O–H groups in total. The second-order valence-electron chi connectivity index (χ2n) is 5.75. The lowest BCUT2D eigenvalue weighted by atomic mass is 10.1. The maximum atomic E-state index is 12.7. The van der Waals surface area contributed by atoms with Crippen LogP contribution in [0.25, 0.3) is 0 Å². The molecule has 0 unspecified atom stereocenters. The molecule has 0 aliphatic carbocycles. The van der Waals surface area contributed by atoms with E-state index in [4.69, 9.17) is 23.2 Å². The lowest BCUT2D eigenvalue weighted by molar-refractivity contribution is 0.0600. The van der Waals surface area contributed by atoms with E-state index in [1.165, 1.54) is 50.0 Å². The molecule has 152 valence electrons. The summed E-state index contributed by atoms with van der Waals surface area (Å²) >= 11 is 11.5. The third-order valence-electron chi connectivity index (χ3n) is 3.76. The molecule has 9 nitrogen and oxygen atoms in total. The molecule has 0 aliphatic heterocycles. The van der Waals surface area contributed by atoms with Gasteiger partial charge in [-0.15, -0.1) is 0 Å². The maximum Gasteiger partial charge on any atom is 0.337 e. The van der Waals surface area contributed by atoms with Crippen molar-refractivity contribution in [2.45, 2.75) is 0 Å². The number of aromatic nitrogens is 3. The highest BCUT2D eigenvalue weighted by atomic mass is 35.5. The molecule has 0 bridgehead atoms. The normalized spacial score (nSPS) is 10.2. The van der Waals surface area contributed by atoms with Crippen LogP contribution in [0.1, 0.15) is 31.2 Å². The fourth-order valence-corrected chi connectivity index (χ4v) is 2.55. The first kappa shape index (κ1) is 21.2. The van der Waals surface area contributed by atoms with Crippen LogP contribution in [-0.2, 0) is 4.74 Å². The number of benzene rings is 1. The van der Waals surface area contributed by atoms with Crippen LogP contribution in [0.15, 0.2) is 48.9 Å².